The van der Waals surface area contributed by atoms with Crippen molar-refractivity contribution in [3.8, 4) is 0 Å². The number of amides is 3. The zero-order chi connectivity index (χ0) is 18.8. The average Bonchev–Trinajstić information content (AvgIpc) is 3.16. The highest BCUT2D eigenvalue weighted by molar-refractivity contribution is 6.04. The molecular weight excluding hydrogens is 341 g/mol. The molecule has 8 nitrogen and oxygen atoms in total. The van der Waals surface area contributed by atoms with Gasteiger partial charge in [0.2, 0.25) is 0 Å². The first-order valence-corrected chi connectivity index (χ1v) is 8.57. The number of urea groups is 1. The van der Waals surface area contributed by atoms with E-state index in [4.69, 9.17) is 4.42 Å². The fourth-order valence-corrected chi connectivity index (χ4v) is 2.80. The van der Waals surface area contributed by atoms with Crippen LogP contribution in [-0.2, 0) is 4.79 Å². The van der Waals surface area contributed by atoms with E-state index in [2.05, 4.69) is 27.4 Å². The summed E-state index contributed by atoms with van der Waals surface area (Å²) in [5.41, 5.74) is 0.671. The highest BCUT2D eigenvalue weighted by atomic mass is 19.1. The van der Waals surface area contributed by atoms with Crippen LogP contribution >= 0.6 is 0 Å². The quantitative estimate of drug-likeness (QED) is 0.727. The van der Waals surface area contributed by atoms with E-state index in [0.717, 1.165) is 13.1 Å². The maximum absolute atomic E-state index is 14.6. The molecule has 140 valence electrons. The monoisotopic (exact) mass is 363 g/mol. The van der Waals surface area contributed by atoms with Gasteiger partial charge in [-0.25, -0.2) is 14.2 Å². The summed E-state index contributed by atoms with van der Waals surface area (Å²) in [5, 5.41) is 4.59. The van der Waals surface area contributed by atoms with E-state index in [1.807, 2.05) is 18.9 Å². The van der Waals surface area contributed by atoms with E-state index in [1.54, 1.807) is 6.07 Å². The largest absolute Gasteiger partial charge is 0.456 e. The molecule has 9 heteroatoms. The number of imide groups is 1. The van der Waals surface area contributed by atoms with Crippen molar-refractivity contribution in [1.29, 1.82) is 0 Å². The molecule has 0 aromatic carbocycles. The van der Waals surface area contributed by atoms with Gasteiger partial charge in [-0.15, -0.1) is 0 Å². The van der Waals surface area contributed by atoms with Crippen LogP contribution in [-0.4, -0.2) is 55.0 Å². The molecule has 0 aliphatic carbocycles. The maximum atomic E-state index is 14.6. The van der Waals surface area contributed by atoms with Gasteiger partial charge in [-0.05, 0) is 20.5 Å². The Bertz CT molecular complexity index is 837. The number of nitrogens with zero attached hydrogens (tertiary/aromatic N) is 3. The molecule has 2 N–H and O–H groups in total. The zero-order valence-corrected chi connectivity index (χ0v) is 15.0. The van der Waals surface area contributed by atoms with Crippen LogP contribution < -0.4 is 15.5 Å². The van der Waals surface area contributed by atoms with E-state index < -0.39 is 23.8 Å². The molecular formula is C17H22FN5O3. The molecule has 3 amide bonds. The van der Waals surface area contributed by atoms with Gasteiger partial charge in [-0.1, -0.05) is 6.92 Å². The smallest absolute Gasteiger partial charge is 0.322 e. The lowest BCUT2D eigenvalue weighted by Gasteiger charge is -2.25. The first-order valence-electron chi connectivity index (χ1n) is 8.57. The van der Waals surface area contributed by atoms with Crippen LogP contribution in [0.5, 0.6) is 0 Å². The number of hydrogen-bond acceptors (Lipinski definition) is 6. The molecule has 0 radical (unpaired) electrons. The van der Waals surface area contributed by atoms with E-state index in [9.17, 15) is 14.0 Å². The Morgan fingerprint density at radius 2 is 2.00 bits per heavy atom. The van der Waals surface area contributed by atoms with Crippen LogP contribution in [0.2, 0.25) is 0 Å². The standard InChI is InChI=1S/C17H22FN5O3/c1-4-22(3)6-7-23(5-2)15-10(18)8-12-11(19-15)9-13(26-12)14-16(24)21-17(25)20-14/h8-9,14H,4-7H2,1-3H3,(H2,20,21,24,25). The normalized spacial score (nSPS) is 17.0. The van der Waals surface area contributed by atoms with Crippen molar-refractivity contribution in [3.05, 3.63) is 23.7 Å². The van der Waals surface area contributed by atoms with Crippen molar-refractivity contribution in [2.24, 2.45) is 0 Å². The second-order valence-electron chi connectivity index (χ2n) is 6.20. The molecule has 3 rings (SSSR count). The predicted octanol–water partition coefficient (Wildman–Crippen LogP) is 1.63. The molecule has 1 aliphatic rings. The number of rotatable bonds is 7. The Labute approximate surface area is 150 Å². The van der Waals surface area contributed by atoms with E-state index in [0.29, 0.717) is 18.6 Å². The first-order chi connectivity index (χ1) is 12.4. The Morgan fingerprint density at radius 1 is 1.23 bits per heavy atom. The number of halogens is 1. The maximum Gasteiger partial charge on any atom is 0.322 e. The summed E-state index contributed by atoms with van der Waals surface area (Å²) in [6.07, 6.45) is 0. The van der Waals surface area contributed by atoms with Gasteiger partial charge in [-0.3, -0.25) is 10.1 Å². The number of fused-ring (bicyclic) bond motifs is 1. The number of likely N-dealkylation sites (N-methyl/N-ethyl adjacent to an activating group) is 2. The molecule has 1 aliphatic heterocycles. The molecule has 3 heterocycles. The van der Waals surface area contributed by atoms with Gasteiger partial charge in [0.15, 0.2) is 23.3 Å². The lowest BCUT2D eigenvalue weighted by atomic mass is 10.2. The van der Waals surface area contributed by atoms with Crippen molar-refractivity contribution in [2.75, 3.05) is 38.1 Å². The fraction of sp³-hybridized carbons (Fsp3) is 0.471. The lowest BCUT2D eigenvalue weighted by Crippen LogP contribution is -2.34. The van der Waals surface area contributed by atoms with Gasteiger partial charge in [-0.2, -0.15) is 0 Å². The highest BCUT2D eigenvalue weighted by Crippen LogP contribution is 2.28. The van der Waals surface area contributed by atoms with Gasteiger partial charge in [0.05, 0.1) is 0 Å². The summed E-state index contributed by atoms with van der Waals surface area (Å²) in [6, 6.07) is 1.31. The topological polar surface area (TPSA) is 90.7 Å². The number of anilines is 1. The zero-order valence-electron chi connectivity index (χ0n) is 15.0. The summed E-state index contributed by atoms with van der Waals surface area (Å²) >= 11 is 0. The van der Waals surface area contributed by atoms with Gasteiger partial charge >= 0.3 is 6.03 Å². The Morgan fingerprint density at radius 3 is 2.62 bits per heavy atom. The minimum Gasteiger partial charge on any atom is -0.456 e. The molecule has 1 saturated heterocycles. The Hall–Kier alpha value is -2.68. The summed E-state index contributed by atoms with van der Waals surface area (Å²) in [6.45, 7) is 6.95. The second-order valence-corrected chi connectivity index (χ2v) is 6.20. The minimum atomic E-state index is -0.927. The van der Waals surface area contributed by atoms with Crippen LogP contribution in [0.15, 0.2) is 16.5 Å². The molecule has 0 saturated carbocycles. The SMILES string of the molecule is CCN(C)CCN(CC)c1nc2cc(C3NC(=O)NC3=O)oc2cc1F. The third-order valence-corrected chi connectivity index (χ3v) is 4.49. The number of pyridine rings is 1. The summed E-state index contributed by atoms with van der Waals surface area (Å²) in [5.74, 6) is -0.523. The van der Waals surface area contributed by atoms with Crippen molar-refractivity contribution in [1.82, 2.24) is 20.5 Å². The Balaban J connectivity index is 1.89. The van der Waals surface area contributed by atoms with Crippen LogP contribution in [0.1, 0.15) is 25.6 Å². The molecule has 0 bridgehead atoms. The number of aromatic nitrogens is 1. The molecule has 0 spiro atoms. The number of hydrogen-bond donors (Lipinski definition) is 2. The van der Waals surface area contributed by atoms with Gasteiger partial charge in [0.25, 0.3) is 5.91 Å². The van der Waals surface area contributed by atoms with Crippen LogP contribution in [0.3, 0.4) is 0 Å². The fourth-order valence-electron chi connectivity index (χ4n) is 2.80. The number of furan rings is 1. The van der Waals surface area contributed by atoms with Crippen LogP contribution in [0.25, 0.3) is 11.1 Å². The van der Waals surface area contributed by atoms with Gasteiger partial charge in [0, 0.05) is 31.8 Å². The highest BCUT2D eigenvalue weighted by Gasteiger charge is 2.34. The van der Waals surface area contributed by atoms with E-state index in [1.165, 1.54) is 6.07 Å². The third kappa shape index (κ3) is 3.48. The van der Waals surface area contributed by atoms with Crippen molar-refractivity contribution >= 4 is 28.9 Å². The van der Waals surface area contributed by atoms with Crippen molar-refractivity contribution < 1.29 is 18.4 Å². The molecule has 1 unspecified atom stereocenters. The molecule has 1 atom stereocenters. The summed E-state index contributed by atoms with van der Waals surface area (Å²) in [7, 11) is 2.00. The molecule has 2 aromatic heterocycles. The summed E-state index contributed by atoms with van der Waals surface area (Å²) < 4.78 is 20.1. The van der Waals surface area contributed by atoms with Gasteiger partial charge < -0.3 is 19.5 Å². The Kier molecular flexibility index (Phi) is 5.08. The third-order valence-electron chi connectivity index (χ3n) is 4.49. The van der Waals surface area contributed by atoms with E-state index >= 15 is 0 Å². The summed E-state index contributed by atoms with van der Waals surface area (Å²) in [4.78, 5) is 31.4. The predicted molar refractivity (Wildman–Crippen MR) is 94.4 cm³/mol. The molecule has 26 heavy (non-hydrogen) atoms. The first kappa shape index (κ1) is 18.1. The second kappa shape index (κ2) is 7.28. The number of nitrogens with one attached hydrogen (secondary N) is 2. The van der Waals surface area contributed by atoms with Crippen LogP contribution in [0.4, 0.5) is 15.0 Å². The lowest BCUT2D eigenvalue weighted by molar-refractivity contribution is -0.120. The number of carbonyl (C=O) groups is 2. The van der Waals surface area contributed by atoms with Crippen molar-refractivity contribution in [2.45, 2.75) is 19.9 Å². The van der Waals surface area contributed by atoms with E-state index in [-0.39, 0.29) is 17.2 Å². The van der Waals surface area contributed by atoms with Crippen molar-refractivity contribution in [3.63, 3.8) is 0 Å². The minimum absolute atomic E-state index is 0.223. The molecule has 1 fully saturated rings. The molecule has 2 aromatic rings. The average molecular weight is 363 g/mol. The number of carbonyl (C=O) groups excluding carboxylic acids is 2. The van der Waals surface area contributed by atoms with Gasteiger partial charge in [0.1, 0.15) is 11.3 Å². The van der Waals surface area contributed by atoms with Crippen LogP contribution in [0, 0.1) is 5.82 Å².